The van der Waals surface area contributed by atoms with Gasteiger partial charge >= 0.3 is 0 Å². The summed E-state index contributed by atoms with van der Waals surface area (Å²) in [4.78, 5) is 2.33. The van der Waals surface area contributed by atoms with Crippen LogP contribution in [0.3, 0.4) is 0 Å². The molecule has 13 heavy (non-hydrogen) atoms. The summed E-state index contributed by atoms with van der Waals surface area (Å²) in [5, 5.41) is 0. The molecule has 78 valence electrons. The van der Waals surface area contributed by atoms with Gasteiger partial charge in [-0.3, -0.25) is 0 Å². The first-order chi connectivity index (χ1) is 6.22. The number of rotatable bonds is 6. The van der Waals surface area contributed by atoms with Crippen molar-refractivity contribution in [3.63, 3.8) is 0 Å². The Morgan fingerprint density at radius 2 is 2.08 bits per heavy atom. The van der Waals surface area contributed by atoms with Crippen LogP contribution in [0.4, 0.5) is 0 Å². The molecule has 0 bridgehead atoms. The maximum absolute atomic E-state index is 5.72. The average molecular weight is 185 g/mol. The molecule has 2 nitrogen and oxygen atoms in total. The van der Waals surface area contributed by atoms with Crippen molar-refractivity contribution in [3.8, 4) is 0 Å². The van der Waals surface area contributed by atoms with E-state index < -0.39 is 0 Å². The summed E-state index contributed by atoms with van der Waals surface area (Å²) in [7, 11) is 2.16. The quantitative estimate of drug-likeness (QED) is 0.588. The number of nitrogens with zero attached hydrogens (tertiary/aromatic N) is 1. The minimum absolute atomic E-state index is 0.585. The van der Waals surface area contributed by atoms with Crippen LogP contribution in [0.15, 0.2) is 0 Å². The Kier molecular flexibility index (Phi) is 4.74. The van der Waals surface area contributed by atoms with Gasteiger partial charge in [0.15, 0.2) is 0 Å². The third-order valence-corrected chi connectivity index (χ3v) is 2.91. The van der Waals surface area contributed by atoms with E-state index in [0.717, 1.165) is 19.1 Å². The molecule has 1 aliphatic carbocycles. The first-order valence-corrected chi connectivity index (χ1v) is 5.52. The summed E-state index contributed by atoms with van der Waals surface area (Å²) in [5.74, 6) is 0.906. The lowest BCUT2D eigenvalue weighted by Gasteiger charge is -2.32. The minimum atomic E-state index is 0.585. The van der Waals surface area contributed by atoms with Gasteiger partial charge in [-0.25, -0.2) is 0 Å². The molecule has 0 spiro atoms. The second-order valence-electron chi connectivity index (χ2n) is 4.32. The van der Waals surface area contributed by atoms with Gasteiger partial charge in [0.2, 0.25) is 0 Å². The predicted octanol–water partition coefficient (Wildman–Crippen LogP) is 2.14. The summed E-state index contributed by atoms with van der Waals surface area (Å²) in [6.07, 6.45) is 4.32. The molecule has 1 fully saturated rings. The molecule has 0 heterocycles. The SMILES string of the molecule is CCN(C)CCCOC1CC(C)C1. The van der Waals surface area contributed by atoms with Crippen molar-refractivity contribution in [3.05, 3.63) is 0 Å². The molecular weight excluding hydrogens is 162 g/mol. The van der Waals surface area contributed by atoms with Crippen molar-refractivity contribution in [2.75, 3.05) is 26.7 Å². The van der Waals surface area contributed by atoms with E-state index in [1.807, 2.05) is 0 Å². The molecule has 0 N–H and O–H groups in total. The molecule has 1 aliphatic rings. The second-order valence-corrected chi connectivity index (χ2v) is 4.32. The summed E-state index contributed by atoms with van der Waals surface area (Å²) >= 11 is 0. The zero-order valence-electron chi connectivity index (χ0n) is 9.25. The Labute approximate surface area is 82.3 Å². The van der Waals surface area contributed by atoms with Crippen LogP contribution in [0, 0.1) is 5.92 Å². The van der Waals surface area contributed by atoms with Gasteiger partial charge in [-0.05, 0) is 38.8 Å². The maximum Gasteiger partial charge on any atom is 0.0580 e. The van der Waals surface area contributed by atoms with Crippen LogP contribution < -0.4 is 0 Å². The van der Waals surface area contributed by atoms with Crippen LogP contribution in [-0.2, 0) is 4.74 Å². The van der Waals surface area contributed by atoms with Crippen molar-refractivity contribution in [1.82, 2.24) is 4.90 Å². The van der Waals surface area contributed by atoms with Gasteiger partial charge < -0.3 is 9.64 Å². The van der Waals surface area contributed by atoms with Crippen LogP contribution in [0.5, 0.6) is 0 Å². The van der Waals surface area contributed by atoms with Crippen molar-refractivity contribution < 1.29 is 4.74 Å². The van der Waals surface area contributed by atoms with Crippen LogP contribution in [0.25, 0.3) is 0 Å². The number of hydrogen-bond acceptors (Lipinski definition) is 2. The number of hydrogen-bond donors (Lipinski definition) is 0. The fourth-order valence-electron chi connectivity index (χ4n) is 1.71. The van der Waals surface area contributed by atoms with E-state index >= 15 is 0 Å². The first kappa shape index (κ1) is 11.0. The van der Waals surface area contributed by atoms with Crippen molar-refractivity contribution >= 4 is 0 Å². The largest absolute Gasteiger partial charge is 0.378 e. The van der Waals surface area contributed by atoms with Crippen molar-refractivity contribution in [2.45, 2.75) is 39.2 Å². The highest BCUT2D eigenvalue weighted by molar-refractivity contribution is 4.76. The molecule has 0 aromatic rings. The maximum atomic E-state index is 5.72. The zero-order valence-corrected chi connectivity index (χ0v) is 9.25. The van der Waals surface area contributed by atoms with Crippen LogP contribution in [-0.4, -0.2) is 37.7 Å². The molecule has 1 saturated carbocycles. The smallest absolute Gasteiger partial charge is 0.0580 e. The monoisotopic (exact) mass is 185 g/mol. The Morgan fingerprint density at radius 1 is 1.38 bits per heavy atom. The fourth-order valence-corrected chi connectivity index (χ4v) is 1.71. The molecule has 0 aliphatic heterocycles. The lowest BCUT2D eigenvalue weighted by atomic mass is 9.84. The molecule has 0 amide bonds. The molecule has 2 heteroatoms. The van der Waals surface area contributed by atoms with Gasteiger partial charge in [-0.1, -0.05) is 13.8 Å². The van der Waals surface area contributed by atoms with Gasteiger partial charge in [-0.2, -0.15) is 0 Å². The highest BCUT2D eigenvalue weighted by Crippen LogP contribution is 2.28. The highest BCUT2D eigenvalue weighted by atomic mass is 16.5. The Hall–Kier alpha value is -0.0800. The standard InChI is InChI=1S/C11H23NO/c1-4-12(3)6-5-7-13-11-8-10(2)9-11/h10-11H,4-9H2,1-3H3. The van der Waals surface area contributed by atoms with Gasteiger partial charge in [-0.15, -0.1) is 0 Å². The zero-order chi connectivity index (χ0) is 9.68. The van der Waals surface area contributed by atoms with Crippen molar-refractivity contribution in [1.29, 1.82) is 0 Å². The average Bonchev–Trinajstić information content (AvgIpc) is 2.08. The van der Waals surface area contributed by atoms with Gasteiger partial charge in [0.05, 0.1) is 6.10 Å². The molecule has 0 atom stereocenters. The van der Waals surface area contributed by atoms with E-state index in [-0.39, 0.29) is 0 Å². The van der Waals surface area contributed by atoms with E-state index in [1.54, 1.807) is 0 Å². The molecule has 0 unspecified atom stereocenters. The third kappa shape index (κ3) is 4.10. The molecule has 1 rings (SSSR count). The van der Waals surface area contributed by atoms with Gasteiger partial charge in [0, 0.05) is 13.2 Å². The normalized spacial score (nSPS) is 27.7. The second kappa shape index (κ2) is 5.61. The van der Waals surface area contributed by atoms with Gasteiger partial charge in [0.25, 0.3) is 0 Å². The highest BCUT2D eigenvalue weighted by Gasteiger charge is 2.25. The summed E-state index contributed by atoms with van der Waals surface area (Å²) < 4.78 is 5.72. The van der Waals surface area contributed by atoms with Crippen molar-refractivity contribution in [2.24, 2.45) is 5.92 Å². The predicted molar refractivity (Wildman–Crippen MR) is 55.9 cm³/mol. The fraction of sp³-hybridized carbons (Fsp3) is 1.00. The lowest BCUT2D eigenvalue weighted by molar-refractivity contribution is -0.0276. The van der Waals surface area contributed by atoms with E-state index in [9.17, 15) is 0 Å². The Bertz CT molecular complexity index is 132. The molecule has 0 saturated heterocycles. The molecular formula is C11H23NO. The lowest BCUT2D eigenvalue weighted by Crippen LogP contribution is -2.30. The van der Waals surface area contributed by atoms with E-state index in [2.05, 4.69) is 25.8 Å². The van der Waals surface area contributed by atoms with Crippen LogP contribution >= 0.6 is 0 Å². The topological polar surface area (TPSA) is 12.5 Å². The Balaban J connectivity index is 1.84. The van der Waals surface area contributed by atoms with Gasteiger partial charge in [0.1, 0.15) is 0 Å². The molecule has 0 aromatic heterocycles. The van der Waals surface area contributed by atoms with E-state index in [0.29, 0.717) is 6.10 Å². The van der Waals surface area contributed by atoms with Crippen LogP contribution in [0.1, 0.15) is 33.1 Å². The summed E-state index contributed by atoms with van der Waals surface area (Å²) in [6, 6.07) is 0. The summed E-state index contributed by atoms with van der Waals surface area (Å²) in [5.41, 5.74) is 0. The first-order valence-electron chi connectivity index (χ1n) is 5.52. The Morgan fingerprint density at radius 3 is 2.62 bits per heavy atom. The van der Waals surface area contributed by atoms with E-state index in [4.69, 9.17) is 4.74 Å². The molecule has 0 radical (unpaired) electrons. The third-order valence-electron chi connectivity index (χ3n) is 2.91. The summed E-state index contributed by atoms with van der Waals surface area (Å²) in [6.45, 7) is 7.74. The minimum Gasteiger partial charge on any atom is -0.378 e. The van der Waals surface area contributed by atoms with E-state index in [1.165, 1.54) is 25.8 Å². The van der Waals surface area contributed by atoms with Crippen LogP contribution in [0.2, 0.25) is 0 Å². The molecule has 0 aromatic carbocycles. The number of ether oxygens (including phenoxy) is 1.